The number of nitro groups is 1. The van der Waals surface area contributed by atoms with Crippen molar-refractivity contribution in [2.75, 3.05) is 18.5 Å². The van der Waals surface area contributed by atoms with Crippen LogP contribution in [0.15, 0.2) is 16.9 Å². The van der Waals surface area contributed by atoms with E-state index in [1.54, 1.807) is 6.92 Å². The van der Waals surface area contributed by atoms with E-state index >= 15 is 0 Å². The van der Waals surface area contributed by atoms with Gasteiger partial charge in [-0.2, -0.15) is 0 Å². The largest absolute Gasteiger partial charge is 0.466 e. The van der Waals surface area contributed by atoms with Gasteiger partial charge in [-0.05, 0) is 22.9 Å². The van der Waals surface area contributed by atoms with Crippen LogP contribution < -0.4 is 5.32 Å². The Balaban J connectivity index is 2.67. The van der Waals surface area contributed by atoms with Crippen molar-refractivity contribution in [3.8, 4) is 0 Å². The maximum Gasteiger partial charge on any atom is 0.311 e. The Labute approximate surface area is 112 Å². The predicted molar refractivity (Wildman–Crippen MR) is 68.3 cm³/mol. The van der Waals surface area contributed by atoms with Gasteiger partial charge in [0.2, 0.25) is 0 Å². The minimum atomic E-state index is -0.537. The normalized spacial score (nSPS) is 9.89. The molecule has 0 radical (unpaired) electrons. The number of anilines is 1. The number of ether oxygens (including phenoxy) is 1. The first kappa shape index (κ1) is 14.4. The van der Waals surface area contributed by atoms with Gasteiger partial charge < -0.3 is 10.1 Å². The van der Waals surface area contributed by atoms with Crippen molar-refractivity contribution in [3.05, 3.63) is 27.0 Å². The molecule has 1 heterocycles. The van der Waals surface area contributed by atoms with E-state index in [1.807, 2.05) is 0 Å². The van der Waals surface area contributed by atoms with E-state index in [-0.39, 0.29) is 24.6 Å². The molecule has 0 aliphatic carbocycles. The third-order valence-corrected chi connectivity index (χ3v) is 2.61. The van der Waals surface area contributed by atoms with Crippen LogP contribution >= 0.6 is 15.9 Å². The number of nitrogens with zero attached hydrogens (tertiary/aromatic N) is 2. The van der Waals surface area contributed by atoms with Gasteiger partial charge in [0.15, 0.2) is 0 Å². The molecule has 7 nitrogen and oxygen atoms in total. The highest BCUT2D eigenvalue weighted by Gasteiger charge is 2.17. The first-order chi connectivity index (χ1) is 8.56. The molecule has 0 aliphatic rings. The van der Waals surface area contributed by atoms with Crippen LogP contribution in [0.1, 0.15) is 13.3 Å². The number of nitrogens with one attached hydrogen (secondary N) is 1. The molecule has 8 heteroatoms. The Hall–Kier alpha value is -1.70. The molecule has 1 aromatic rings. The minimum absolute atomic E-state index is 0.139. The number of hydrogen-bond donors (Lipinski definition) is 1. The first-order valence-corrected chi connectivity index (χ1v) is 6.03. The summed E-state index contributed by atoms with van der Waals surface area (Å²) in [5.41, 5.74) is 0.160. The zero-order valence-corrected chi connectivity index (χ0v) is 11.3. The standard InChI is InChI=1S/C10H12BrN3O4/c1-2-18-9(15)3-4-13-10-7(11)5-12-6-8(10)14(16)17/h5-6H,2-4H2,1H3,(H,12,13). The molecule has 0 amide bonds. The van der Waals surface area contributed by atoms with Crippen molar-refractivity contribution in [1.29, 1.82) is 0 Å². The van der Waals surface area contributed by atoms with Crippen LogP contribution in [0.3, 0.4) is 0 Å². The summed E-state index contributed by atoms with van der Waals surface area (Å²) in [7, 11) is 0. The molecular weight excluding hydrogens is 306 g/mol. The van der Waals surface area contributed by atoms with Gasteiger partial charge in [0.05, 0.1) is 22.4 Å². The van der Waals surface area contributed by atoms with Crippen molar-refractivity contribution >= 4 is 33.3 Å². The maximum atomic E-state index is 11.1. The Morgan fingerprint density at radius 3 is 2.94 bits per heavy atom. The van der Waals surface area contributed by atoms with E-state index in [4.69, 9.17) is 4.74 Å². The molecule has 18 heavy (non-hydrogen) atoms. The van der Waals surface area contributed by atoms with Gasteiger partial charge in [-0.15, -0.1) is 0 Å². The molecule has 0 aliphatic heterocycles. The number of carbonyl (C=O) groups excluding carboxylic acids is 1. The summed E-state index contributed by atoms with van der Waals surface area (Å²) in [5, 5.41) is 13.6. The highest BCUT2D eigenvalue weighted by Crippen LogP contribution is 2.30. The zero-order chi connectivity index (χ0) is 13.5. The van der Waals surface area contributed by atoms with E-state index in [2.05, 4.69) is 26.2 Å². The van der Waals surface area contributed by atoms with Gasteiger partial charge >= 0.3 is 11.7 Å². The fourth-order valence-electron chi connectivity index (χ4n) is 1.26. The molecule has 0 spiro atoms. The lowest BCUT2D eigenvalue weighted by atomic mass is 10.3. The Kier molecular flexibility index (Phi) is 5.50. The molecule has 0 aromatic carbocycles. The summed E-state index contributed by atoms with van der Waals surface area (Å²) < 4.78 is 5.22. The number of halogens is 1. The smallest absolute Gasteiger partial charge is 0.311 e. The summed E-state index contributed by atoms with van der Waals surface area (Å²) in [6.07, 6.45) is 2.73. The van der Waals surface area contributed by atoms with E-state index in [0.29, 0.717) is 16.8 Å². The average molecular weight is 318 g/mol. The van der Waals surface area contributed by atoms with Crippen LogP contribution in [-0.2, 0) is 9.53 Å². The SMILES string of the molecule is CCOC(=O)CCNc1c(Br)cncc1[N+](=O)[O-]. The summed E-state index contributed by atoms with van der Waals surface area (Å²) in [5.74, 6) is -0.349. The molecule has 1 aromatic heterocycles. The van der Waals surface area contributed by atoms with Gasteiger partial charge in [-0.1, -0.05) is 0 Å². The molecular formula is C10H12BrN3O4. The van der Waals surface area contributed by atoms with Crippen LogP contribution in [0.5, 0.6) is 0 Å². The van der Waals surface area contributed by atoms with Gasteiger partial charge in [-0.25, -0.2) is 0 Å². The quantitative estimate of drug-likeness (QED) is 0.490. The summed E-state index contributed by atoms with van der Waals surface area (Å²) >= 11 is 3.17. The lowest BCUT2D eigenvalue weighted by Crippen LogP contribution is -2.12. The van der Waals surface area contributed by atoms with Crippen LogP contribution in [0.2, 0.25) is 0 Å². The Morgan fingerprint density at radius 2 is 2.33 bits per heavy atom. The molecule has 0 saturated heterocycles. The number of aromatic nitrogens is 1. The summed E-state index contributed by atoms with van der Waals surface area (Å²) in [4.78, 5) is 25.1. The van der Waals surface area contributed by atoms with Gasteiger partial charge in [0, 0.05) is 12.7 Å². The van der Waals surface area contributed by atoms with Crippen molar-refractivity contribution in [2.24, 2.45) is 0 Å². The Morgan fingerprint density at radius 1 is 1.61 bits per heavy atom. The van der Waals surface area contributed by atoms with E-state index in [9.17, 15) is 14.9 Å². The molecule has 1 N–H and O–H groups in total. The number of hydrogen-bond acceptors (Lipinski definition) is 6. The van der Waals surface area contributed by atoms with Crippen LogP contribution in [0.4, 0.5) is 11.4 Å². The third-order valence-electron chi connectivity index (χ3n) is 2.01. The fraction of sp³-hybridized carbons (Fsp3) is 0.400. The van der Waals surface area contributed by atoms with Gasteiger partial charge in [0.1, 0.15) is 11.9 Å². The maximum absolute atomic E-state index is 11.1. The molecule has 1 rings (SSSR count). The molecule has 98 valence electrons. The van der Waals surface area contributed by atoms with E-state index < -0.39 is 4.92 Å². The molecule has 0 bridgehead atoms. The fourth-order valence-corrected chi connectivity index (χ4v) is 1.72. The molecule has 0 atom stereocenters. The van der Waals surface area contributed by atoms with Crippen molar-refractivity contribution in [3.63, 3.8) is 0 Å². The van der Waals surface area contributed by atoms with Crippen molar-refractivity contribution < 1.29 is 14.5 Å². The predicted octanol–water partition coefficient (Wildman–Crippen LogP) is 2.12. The van der Waals surface area contributed by atoms with Crippen LogP contribution in [0.25, 0.3) is 0 Å². The van der Waals surface area contributed by atoms with Crippen molar-refractivity contribution in [1.82, 2.24) is 4.98 Å². The van der Waals surface area contributed by atoms with E-state index in [1.165, 1.54) is 6.20 Å². The van der Waals surface area contributed by atoms with Crippen LogP contribution in [0, 0.1) is 10.1 Å². The Bertz CT molecular complexity index is 453. The number of pyridine rings is 1. The highest BCUT2D eigenvalue weighted by atomic mass is 79.9. The van der Waals surface area contributed by atoms with Crippen LogP contribution in [-0.4, -0.2) is 29.0 Å². The summed E-state index contributed by atoms with van der Waals surface area (Å²) in [6.45, 7) is 2.29. The molecule has 0 fully saturated rings. The molecule has 0 unspecified atom stereocenters. The van der Waals surface area contributed by atoms with Crippen molar-refractivity contribution in [2.45, 2.75) is 13.3 Å². The van der Waals surface area contributed by atoms with E-state index in [0.717, 1.165) is 6.20 Å². The lowest BCUT2D eigenvalue weighted by molar-refractivity contribution is -0.384. The lowest BCUT2D eigenvalue weighted by Gasteiger charge is -2.08. The average Bonchev–Trinajstić information content (AvgIpc) is 2.31. The number of carbonyl (C=O) groups is 1. The molecule has 0 saturated carbocycles. The number of rotatable bonds is 6. The minimum Gasteiger partial charge on any atom is -0.466 e. The second kappa shape index (κ2) is 6.90. The van der Waals surface area contributed by atoms with Gasteiger partial charge in [0.25, 0.3) is 0 Å². The summed E-state index contributed by atoms with van der Waals surface area (Å²) in [6, 6.07) is 0. The monoisotopic (exact) mass is 317 g/mol. The zero-order valence-electron chi connectivity index (χ0n) is 9.68. The highest BCUT2D eigenvalue weighted by molar-refractivity contribution is 9.10. The number of esters is 1. The third kappa shape index (κ3) is 3.95. The topological polar surface area (TPSA) is 94.4 Å². The second-order valence-electron chi connectivity index (χ2n) is 3.25. The first-order valence-electron chi connectivity index (χ1n) is 5.23. The van der Waals surface area contributed by atoms with Gasteiger partial charge in [-0.3, -0.25) is 19.9 Å². The second-order valence-corrected chi connectivity index (χ2v) is 4.11.